The van der Waals surface area contributed by atoms with Gasteiger partial charge >= 0.3 is 5.97 Å². The van der Waals surface area contributed by atoms with Crippen molar-refractivity contribution in [2.24, 2.45) is 0 Å². The van der Waals surface area contributed by atoms with Crippen LogP contribution in [-0.4, -0.2) is 12.6 Å². The first-order valence-corrected chi connectivity index (χ1v) is 7.59. The van der Waals surface area contributed by atoms with Gasteiger partial charge in [0, 0.05) is 20.3 Å². The highest BCUT2D eigenvalue weighted by Gasteiger charge is 2.11. The van der Waals surface area contributed by atoms with Crippen molar-refractivity contribution >= 4 is 35.0 Å². The number of nitriles is 1. The maximum atomic E-state index is 11.7. The van der Waals surface area contributed by atoms with Crippen LogP contribution in [0.25, 0.3) is 16.5 Å². The molecule has 3 nitrogen and oxygen atoms in total. The van der Waals surface area contributed by atoms with Gasteiger partial charge in [0.1, 0.15) is 18.2 Å². The van der Waals surface area contributed by atoms with Gasteiger partial charge in [-0.25, -0.2) is 4.79 Å². The monoisotopic (exact) mass is 329 g/mol. The summed E-state index contributed by atoms with van der Waals surface area (Å²) in [5.41, 5.74) is 0.871. The number of nitrogens with zero attached hydrogens (tertiary/aromatic N) is 1. The SMILES string of the molecule is C=CCOC(=O)C(C#N)=Cc1ccc(-c2ccccc2Cl)s1. The third kappa shape index (κ3) is 3.85. The van der Waals surface area contributed by atoms with Gasteiger partial charge in [-0.05, 0) is 24.3 Å². The van der Waals surface area contributed by atoms with Gasteiger partial charge < -0.3 is 4.74 Å². The predicted molar refractivity (Wildman–Crippen MR) is 89.5 cm³/mol. The molecule has 2 aromatic rings. The zero-order valence-corrected chi connectivity index (χ0v) is 13.2. The molecule has 0 N–H and O–H groups in total. The molecule has 0 spiro atoms. The smallest absolute Gasteiger partial charge is 0.349 e. The number of benzene rings is 1. The standard InChI is InChI=1S/C17H12ClNO2S/c1-2-9-21-17(20)12(11-19)10-13-7-8-16(22-13)14-5-3-4-6-15(14)18/h2-8,10H,1,9H2. The number of carbonyl (C=O) groups excluding carboxylic acids is 1. The van der Waals surface area contributed by atoms with Crippen molar-refractivity contribution in [1.29, 1.82) is 5.26 Å². The Morgan fingerprint density at radius 1 is 1.36 bits per heavy atom. The summed E-state index contributed by atoms with van der Waals surface area (Å²) < 4.78 is 4.86. The summed E-state index contributed by atoms with van der Waals surface area (Å²) >= 11 is 7.61. The van der Waals surface area contributed by atoms with E-state index in [4.69, 9.17) is 21.6 Å². The average Bonchev–Trinajstić information content (AvgIpc) is 2.99. The lowest BCUT2D eigenvalue weighted by molar-refractivity contribution is -0.137. The molecule has 0 aliphatic carbocycles. The molecular formula is C17H12ClNO2S. The lowest BCUT2D eigenvalue weighted by atomic mass is 10.2. The zero-order chi connectivity index (χ0) is 15.9. The molecule has 5 heteroatoms. The second kappa shape index (κ2) is 7.60. The van der Waals surface area contributed by atoms with E-state index in [1.807, 2.05) is 42.5 Å². The first-order chi connectivity index (χ1) is 10.7. The summed E-state index contributed by atoms with van der Waals surface area (Å²) in [6, 6.07) is 13.1. The molecule has 0 saturated carbocycles. The van der Waals surface area contributed by atoms with Crippen LogP contribution >= 0.6 is 22.9 Å². The van der Waals surface area contributed by atoms with Crippen LogP contribution in [0.4, 0.5) is 0 Å². The summed E-state index contributed by atoms with van der Waals surface area (Å²) in [6.45, 7) is 3.53. The van der Waals surface area contributed by atoms with E-state index in [0.717, 1.165) is 15.3 Å². The number of hydrogen-bond acceptors (Lipinski definition) is 4. The van der Waals surface area contributed by atoms with Crippen molar-refractivity contribution in [3.05, 3.63) is 64.5 Å². The molecule has 0 aliphatic heterocycles. The quantitative estimate of drug-likeness (QED) is 0.345. The minimum Gasteiger partial charge on any atom is -0.457 e. The highest BCUT2D eigenvalue weighted by Crippen LogP contribution is 2.33. The Morgan fingerprint density at radius 2 is 2.14 bits per heavy atom. The Hall–Kier alpha value is -2.35. The van der Waals surface area contributed by atoms with Crippen LogP contribution in [-0.2, 0) is 9.53 Å². The van der Waals surface area contributed by atoms with Crippen molar-refractivity contribution in [2.75, 3.05) is 6.61 Å². The molecule has 0 aliphatic rings. The molecule has 22 heavy (non-hydrogen) atoms. The fraction of sp³-hybridized carbons (Fsp3) is 0.0588. The minimum atomic E-state index is -0.657. The molecule has 0 radical (unpaired) electrons. The number of halogens is 1. The zero-order valence-electron chi connectivity index (χ0n) is 11.6. The maximum Gasteiger partial charge on any atom is 0.349 e. The number of esters is 1. The Labute approximate surface area is 137 Å². The normalized spacial score (nSPS) is 10.8. The molecule has 110 valence electrons. The van der Waals surface area contributed by atoms with Gasteiger partial charge in [0.2, 0.25) is 0 Å². The molecule has 1 aromatic carbocycles. The Bertz CT molecular complexity index is 771. The van der Waals surface area contributed by atoms with Gasteiger partial charge in [-0.1, -0.05) is 42.5 Å². The molecule has 0 atom stereocenters. The van der Waals surface area contributed by atoms with E-state index in [0.29, 0.717) is 5.02 Å². The van der Waals surface area contributed by atoms with Crippen molar-refractivity contribution in [3.8, 4) is 16.5 Å². The lowest BCUT2D eigenvalue weighted by Gasteiger charge is -2.00. The summed E-state index contributed by atoms with van der Waals surface area (Å²) in [5.74, 6) is -0.657. The second-order valence-corrected chi connectivity index (χ2v) is 5.76. The van der Waals surface area contributed by atoms with Gasteiger partial charge in [-0.3, -0.25) is 0 Å². The molecule has 0 saturated heterocycles. The Kier molecular flexibility index (Phi) is 5.54. The number of ether oxygens (including phenoxy) is 1. The van der Waals surface area contributed by atoms with E-state index in [2.05, 4.69) is 6.58 Å². The summed E-state index contributed by atoms with van der Waals surface area (Å²) in [7, 11) is 0. The average molecular weight is 330 g/mol. The van der Waals surface area contributed by atoms with E-state index in [9.17, 15) is 4.79 Å². The van der Waals surface area contributed by atoms with E-state index in [-0.39, 0.29) is 12.2 Å². The first-order valence-electron chi connectivity index (χ1n) is 6.40. The van der Waals surface area contributed by atoms with Crippen molar-refractivity contribution in [1.82, 2.24) is 0 Å². The molecule has 2 rings (SSSR count). The van der Waals surface area contributed by atoms with Crippen LogP contribution < -0.4 is 0 Å². The third-order valence-corrected chi connectivity index (χ3v) is 4.12. The van der Waals surface area contributed by atoms with Crippen LogP contribution in [0, 0.1) is 11.3 Å². The van der Waals surface area contributed by atoms with Crippen molar-refractivity contribution in [2.45, 2.75) is 0 Å². The molecule has 0 amide bonds. The van der Waals surface area contributed by atoms with Crippen LogP contribution in [0.3, 0.4) is 0 Å². The van der Waals surface area contributed by atoms with Gasteiger partial charge in [-0.2, -0.15) is 5.26 Å². The van der Waals surface area contributed by atoms with Gasteiger partial charge in [0.15, 0.2) is 0 Å². The molecular weight excluding hydrogens is 318 g/mol. The largest absolute Gasteiger partial charge is 0.457 e. The fourth-order valence-electron chi connectivity index (χ4n) is 1.73. The fourth-order valence-corrected chi connectivity index (χ4v) is 3.01. The predicted octanol–water partition coefficient (Wildman–Crippen LogP) is 4.70. The Balaban J connectivity index is 2.26. The molecule has 0 unspecified atom stereocenters. The van der Waals surface area contributed by atoms with E-state index in [1.165, 1.54) is 23.5 Å². The van der Waals surface area contributed by atoms with Crippen molar-refractivity contribution < 1.29 is 9.53 Å². The van der Waals surface area contributed by atoms with Crippen LogP contribution in [0.15, 0.2) is 54.6 Å². The minimum absolute atomic E-state index is 0.0468. The third-order valence-electron chi connectivity index (χ3n) is 2.73. The van der Waals surface area contributed by atoms with E-state index in [1.54, 1.807) is 0 Å². The topological polar surface area (TPSA) is 50.1 Å². The number of rotatable bonds is 5. The number of thiophene rings is 1. The second-order valence-electron chi connectivity index (χ2n) is 4.24. The van der Waals surface area contributed by atoms with Crippen LogP contribution in [0.5, 0.6) is 0 Å². The van der Waals surface area contributed by atoms with Crippen molar-refractivity contribution in [3.63, 3.8) is 0 Å². The molecule has 1 aromatic heterocycles. The lowest BCUT2D eigenvalue weighted by Crippen LogP contribution is -2.06. The summed E-state index contributed by atoms with van der Waals surface area (Å²) in [6.07, 6.45) is 2.96. The highest BCUT2D eigenvalue weighted by atomic mass is 35.5. The first kappa shape index (κ1) is 16.0. The summed E-state index contributed by atoms with van der Waals surface area (Å²) in [4.78, 5) is 13.4. The van der Waals surface area contributed by atoms with E-state index >= 15 is 0 Å². The van der Waals surface area contributed by atoms with Gasteiger partial charge in [0.05, 0.1) is 0 Å². The van der Waals surface area contributed by atoms with Gasteiger partial charge in [-0.15, -0.1) is 11.3 Å². The summed E-state index contributed by atoms with van der Waals surface area (Å²) in [5, 5.41) is 9.72. The number of carbonyl (C=O) groups is 1. The van der Waals surface area contributed by atoms with E-state index < -0.39 is 5.97 Å². The molecule has 0 bridgehead atoms. The Morgan fingerprint density at radius 3 is 2.82 bits per heavy atom. The van der Waals surface area contributed by atoms with Crippen LogP contribution in [0.2, 0.25) is 5.02 Å². The maximum absolute atomic E-state index is 11.7. The van der Waals surface area contributed by atoms with Gasteiger partial charge in [0.25, 0.3) is 0 Å². The van der Waals surface area contributed by atoms with Crippen LogP contribution in [0.1, 0.15) is 4.88 Å². The highest BCUT2D eigenvalue weighted by molar-refractivity contribution is 7.16. The molecule has 0 fully saturated rings. The number of hydrogen-bond donors (Lipinski definition) is 0. The molecule has 1 heterocycles.